The van der Waals surface area contributed by atoms with Gasteiger partial charge < -0.3 is 15.0 Å². The molecule has 1 saturated heterocycles. The lowest BCUT2D eigenvalue weighted by Gasteiger charge is -2.27. The minimum Gasteiger partial charge on any atom is -0.381 e. The van der Waals surface area contributed by atoms with Gasteiger partial charge in [0, 0.05) is 24.5 Å². The van der Waals surface area contributed by atoms with E-state index in [0.717, 1.165) is 45.3 Å². The number of nitrogens with one attached hydrogen (secondary N) is 2. The van der Waals surface area contributed by atoms with Crippen molar-refractivity contribution >= 4 is 28.4 Å². The lowest BCUT2D eigenvalue weighted by molar-refractivity contribution is 0.1000. The molecule has 1 aromatic carbocycles. The van der Waals surface area contributed by atoms with Crippen molar-refractivity contribution in [1.29, 1.82) is 0 Å². The number of aromatic nitrogens is 2. The third kappa shape index (κ3) is 3.57. The lowest BCUT2D eigenvalue weighted by Crippen LogP contribution is -2.28. The largest absolute Gasteiger partial charge is 0.381 e. The maximum atomic E-state index is 14.4. The highest BCUT2D eigenvalue weighted by Gasteiger charge is 2.23. The number of nitrogens with zero attached hydrogens (tertiary/aromatic N) is 1. The summed E-state index contributed by atoms with van der Waals surface area (Å²) in [5, 5.41) is 3.16. The van der Waals surface area contributed by atoms with E-state index in [4.69, 9.17) is 4.74 Å². The molecule has 0 amide bonds. The van der Waals surface area contributed by atoms with E-state index in [1.54, 1.807) is 11.8 Å². The molecule has 1 aliphatic carbocycles. The molecule has 2 aromatic rings. The van der Waals surface area contributed by atoms with Gasteiger partial charge in [0.15, 0.2) is 11.6 Å². The summed E-state index contributed by atoms with van der Waals surface area (Å²) in [6.07, 6.45) is 4.90. The molecule has 0 radical (unpaired) electrons. The first-order valence-corrected chi connectivity index (χ1v) is 10.0. The first-order valence-electron chi connectivity index (χ1n) is 8.98. The van der Waals surface area contributed by atoms with Crippen LogP contribution in [0.5, 0.6) is 0 Å². The number of halogens is 2. The first kappa shape index (κ1) is 17.7. The molecule has 2 N–H and O–H groups in total. The van der Waals surface area contributed by atoms with Crippen molar-refractivity contribution in [2.75, 3.05) is 18.5 Å². The third-order valence-electron chi connectivity index (χ3n) is 5.02. The van der Waals surface area contributed by atoms with Gasteiger partial charge >= 0.3 is 0 Å². The second kappa shape index (κ2) is 7.52. The Balaban J connectivity index is 1.61. The highest BCUT2D eigenvalue weighted by Crippen LogP contribution is 2.29. The van der Waals surface area contributed by atoms with Crippen molar-refractivity contribution in [3.8, 4) is 0 Å². The van der Waals surface area contributed by atoms with Crippen LogP contribution < -0.4 is 10.9 Å². The Labute approximate surface area is 153 Å². The van der Waals surface area contributed by atoms with Crippen molar-refractivity contribution in [1.82, 2.24) is 9.97 Å². The number of H-pyrrole nitrogens is 1. The van der Waals surface area contributed by atoms with Gasteiger partial charge in [-0.2, -0.15) is 11.8 Å². The minimum atomic E-state index is -1.14. The van der Waals surface area contributed by atoms with Gasteiger partial charge in [-0.3, -0.25) is 4.79 Å². The summed E-state index contributed by atoms with van der Waals surface area (Å²) >= 11 is 1.71. The van der Waals surface area contributed by atoms with Crippen LogP contribution in [0.25, 0.3) is 10.9 Å². The summed E-state index contributed by atoms with van der Waals surface area (Å²) < 4.78 is 34.0. The Morgan fingerprint density at radius 3 is 2.69 bits per heavy atom. The van der Waals surface area contributed by atoms with Crippen LogP contribution in [0.4, 0.5) is 14.5 Å². The van der Waals surface area contributed by atoms with Crippen LogP contribution in [0.1, 0.15) is 37.9 Å². The number of anilines is 1. The summed E-state index contributed by atoms with van der Waals surface area (Å²) in [7, 11) is 0. The normalized spacial score (nSPS) is 18.8. The molecular formula is C18H21F2N3O2S. The maximum Gasteiger partial charge on any atom is 0.261 e. The molecule has 1 aliphatic heterocycles. The van der Waals surface area contributed by atoms with E-state index in [-0.39, 0.29) is 22.6 Å². The smallest absolute Gasteiger partial charge is 0.261 e. The number of thioether (sulfide) groups is 1. The molecule has 1 aromatic heterocycles. The summed E-state index contributed by atoms with van der Waals surface area (Å²) in [5.41, 5.74) is -0.359. The van der Waals surface area contributed by atoms with E-state index in [9.17, 15) is 13.6 Å². The molecular weight excluding hydrogens is 360 g/mol. The minimum absolute atomic E-state index is 0.0841. The van der Waals surface area contributed by atoms with E-state index in [0.29, 0.717) is 16.8 Å². The Kier molecular flexibility index (Phi) is 5.13. The number of ether oxygens (including phenoxy) is 1. The molecule has 8 heteroatoms. The van der Waals surface area contributed by atoms with Crippen LogP contribution >= 0.6 is 11.8 Å². The van der Waals surface area contributed by atoms with Gasteiger partial charge in [0.05, 0.1) is 17.0 Å². The number of hydrogen-bond donors (Lipinski definition) is 2. The number of fused-ring (bicyclic) bond motifs is 1. The molecule has 140 valence electrons. The van der Waals surface area contributed by atoms with Crippen molar-refractivity contribution in [2.45, 2.75) is 49.1 Å². The van der Waals surface area contributed by atoms with Crippen LogP contribution in [0.2, 0.25) is 0 Å². The van der Waals surface area contributed by atoms with Crippen molar-refractivity contribution in [2.24, 2.45) is 0 Å². The fourth-order valence-electron chi connectivity index (χ4n) is 3.27. The summed E-state index contributed by atoms with van der Waals surface area (Å²) in [6, 6.07) is 1.61. The molecule has 2 heterocycles. The predicted molar refractivity (Wildman–Crippen MR) is 98.7 cm³/mol. The molecule has 5 nitrogen and oxygen atoms in total. The average Bonchev–Trinajstić information content (AvgIpc) is 2.60. The Morgan fingerprint density at radius 1 is 1.23 bits per heavy atom. The van der Waals surface area contributed by atoms with E-state index < -0.39 is 17.2 Å². The van der Waals surface area contributed by atoms with Gasteiger partial charge in [-0.05, 0) is 38.2 Å². The number of benzene rings is 1. The molecule has 0 atom stereocenters. The molecule has 26 heavy (non-hydrogen) atoms. The molecule has 2 aliphatic rings. The van der Waals surface area contributed by atoms with Crippen LogP contribution in [0.3, 0.4) is 0 Å². The number of hydrogen-bond acceptors (Lipinski definition) is 5. The van der Waals surface area contributed by atoms with Gasteiger partial charge in [0.2, 0.25) is 0 Å². The van der Waals surface area contributed by atoms with Crippen molar-refractivity contribution < 1.29 is 13.5 Å². The van der Waals surface area contributed by atoms with Gasteiger partial charge in [0.25, 0.3) is 5.56 Å². The van der Waals surface area contributed by atoms with Crippen LogP contribution in [0, 0.1) is 11.6 Å². The molecule has 2 fully saturated rings. The van der Waals surface area contributed by atoms with E-state index >= 15 is 0 Å². The van der Waals surface area contributed by atoms with E-state index in [1.165, 1.54) is 6.07 Å². The second-order valence-electron chi connectivity index (χ2n) is 6.85. The summed E-state index contributed by atoms with van der Waals surface area (Å²) in [4.78, 5) is 19.2. The quantitative estimate of drug-likeness (QED) is 0.829. The molecule has 0 unspecified atom stereocenters. The van der Waals surface area contributed by atoms with E-state index in [2.05, 4.69) is 15.3 Å². The van der Waals surface area contributed by atoms with Gasteiger partial charge in [-0.1, -0.05) is 0 Å². The molecule has 0 spiro atoms. The Morgan fingerprint density at radius 2 is 2.00 bits per heavy atom. The lowest BCUT2D eigenvalue weighted by atomic mass is 9.93. The van der Waals surface area contributed by atoms with E-state index in [1.807, 2.05) is 0 Å². The van der Waals surface area contributed by atoms with Crippen molar-refractivity contribution in [3.05, 3.63) is 33.9 Å². The fourth-order valence-corrected chi connectivity index (χ4v) is 4.33. The summed E-state index contributed by atoms with van der Waals surface area (Å²) in [5.74, 6) is -1.14. The monoisotopic (exact) mass is 381 g/mol. The Hall–Kier alpha value is -1.67. The zero-order valence-corrected chi connectivity index (χ0v) is 15.1. The third-order valence-corrected chi connectivity index (χ3v) is 6.40. The fraction of sp³-hybridized carbons (Fsp3) is 0.556. The standard InChI is InChI=1S/C18H21F2N3O2S/c19-16-13(21-10-2-1-3-10)8-12-15(17(16)20)18(24)23-14(22-12)9-26-11-4-6-25-7-5-11/h8,10-11,21H,1-7,9H2,(H,22,23,24). The van der Waals surface area contributed by atoms with Gasteiger partial charge in [-0.15, -0.1) is 0 Å². The van der Waals surface area contributed by atoms with Crippen LogP contribution in [-0.4, -0.2) is 34.5 Å². The van der Waals surface area contributed by atoms with Crippen LogP contribution in [0.15, 0.2) is 10.9 Å². The van der Waals surface area contributed by atoms with Gasteiger partial charge in [0.1, 0.15) is 11.2 Å². The van der Waals surface area contributed by atoms with Crippen LogP contribution in [-0.2, 0) is 10.5 Å². The zero-order chi connectivity index (χ0) is 18.1. The average molecular weight is 381 g/mol. The first-order chi connectivity index (χ1) is 12.6. The highest BCUT2D eigenvalue weighted by atomic mass is 32.2. The SMILES string of the molecule is O=c1[nH]c(CSC2CCOCC2)nc2cc(NC3CCC3)c(F)c(F)c12. The second-order valence-corrected chi connectivity index (χ2v) is 8.14. The van der Waals surface area contributed by atoms with Gasteiger partial charge in [-0.25, -0.2) is 13.8 Å². The molecule has 0 bridgehead atoms. The summed E-state index contributed by atoms with van der Waals surface area (Å²) in [6.45, 7) is 1.50. The Bertz CT molecular complexity index is 864. The molecule has 4 rings (SSSR count). The number of aromatic amines is 1. The topological polar surface area (TPSA) is 67.0 Å². The highest BCUT2D eigenvalue weighted by molar-refractivity contribution is 7.99. The maximum absolute atomic E-state index is 14.4. The predicted octanol–water partition coefficient (Wildman–Crippen LogP) is 3.58. The van der Waals surface area contributed by atoms with Crippen molar-refractivity contribution in [3.63, 3.8) is 0 Å². The molecule has 1 saturated carbocycles. The zero-order valence-electron chi connectivity index (χ0n) is 14.3. The number of rotatable bonds is 5.